The fourth-order valence-electron chi connectivity index (χ4n) is 3.41. The Hall–Kier alpha value is 0.0339. The zero-order chi connectivity index (χ0) is 18.4. The molecule has 6 heteroatoms. The number of thiophene rings is 1. The molecular weight excluding hydrogens is 455 g/mol. The van der Waals surface area contributed by atoms with E-state index in [1.54, 1.807) is 11.3 Å². The van der Waals surface area contributed by atoms with Crippen LogP contribution in [-0.2, 0) is 44.1 Å². The van der Waals surface area contributed by atoms with Crippen molar-refractivity contribution in [2.45, 2.75) is 56.7 Å². The van der Waals surface area contributed by atoms with Gasteiger partial charge >= 0.3 is 0 Å². The van der Waals surface area contributed by atoms with Crippen molar-refractivity contribution in [3.05, 3.63) is 52.2 Å². The van der Waals surface area contributed by atoms with E-state index in [4.69, 9.17) is 16.3 Å². The Morgan fingerprint density at radius 1 is 1.33 bits per heavy atom. The van der Waals surface area contributed by atoms with Crippen LogP contribution in [-0.4, -0.2) is 29.7 Å². The summed E-state index contributed by atoms with van der Waals surface area (Å²) < 4.78 is 5.91. The van der Waals surface area contributed by atoms with E-state index in [1.165, 1.54) is 4.88 Å². The van der Waals surface area contributed by atoms with Gasteiger partial charge in [0.2, 0.25) is 0 Å². The van der Waals surface area contributed by atoms with E-state index in [-0.39, 0.29) is 50.2 Å². The zero-order valence-electron chi connectivity index (χ0n) is 15.8. The number of aliphatic hydroxyl groups is 1. The first-order valence-electron chi connectivity index (χ1n) is 9.40. The monoisotopic (exact) mass is 481 g/mol. The van der Waals surface area contributed by atoms with Crippen LogP contribution in [0.4, 0.5) is 5.69 Å². The van der Waals surface area contributed by atoms with Crippen LogP contribution in [0, 0.1) is 5.38 Å². The quantitative estimate of drug-likeness (QED) is 0.396. The fourth-order valence-corrected chi connectivity index (χ4v) is 4.28. The summed E-state index contributed by atoms with van der Waals surface area (Å²) in [5, 5.41) is 13.4. The van der Waals surface area contributed by atoms with Crippen LogP contribution in [0.5, 0.6) is 0 Å². The average Bonchev–Trinajstić information content (AvgIpc) is 3.30. The summed E-state index contributed by atoms with van der Waals surface area (Å²) in [6.45, 7) is 4.31. The number of benzene rings is 1. The Labute approximate surface area is 196 Å². The summed E-state index contributed by atoms with van der Waals surface area (Å²) in [5.74, 6) is 0. The number of halogens is 1. The Balaban J connectivity index is 0.00000261. The number of anilines is 1. The Bertz CT molecular complexity index is 653. The van der Waals surface area contributed by atoms with Crippen molar-refractivity contribution in [1.29, 1.82) is 0 Å². The van der Waals surface area contributed by atoms with Gasteiger partial charge in [0, 0.05) is 51.5 Å². The van der Waals surface area contributed by atoms with Crippen molar-refractivity contribution in [2.75, 3.05) is 18.1 Å². The second kappa shape index (κ2) is 11.9. The molecule has 1 saturated heterocycles. The van der Waals surface area contributed by atoms with Crippen molar-refractivity contribution in [3.63, 3.8) is 0 Å². The molecular formula is C21H27ClNO2SY-. The minimum absolute atomic E-state index is 0. The molecule has 0 saturated carbocycles. The van der Waals surface area contributed by atoms with Crippen LogP contribution in [0.25, 0.3) is 0 Å². The van der Waals surface area contributed by atoms with Crippen LogP contribution in [0.15, 0.2) is 36.4 Å². The molecule has 0 aliphatic carbocycles. The number of hydrogen-bond acceptors (Lipinski definition) is 4. The first-order chi connectivity index (χ1) is 12.7. The van der Waals surface area contributed by atoms with E-state index in [9.17, 15) is 5.11 Å². The maximum atomic E-state index is 10.3. The average molecular weight is 482 g/mol. The van der Waals surface area contributed by atoms with E-state index < -0.39 is 0 Å². The van der Waals surface area contributed by atoms with Crippen LogP contribution in [0.1, 0.15) is 49.2 Å². The molecule has 145 valence electrons. The molecule has 0 amide bonds. The molecule has 1 radical (unpaired) electrons. The minimum Gasteiger partial charge on any atom is -0.388 e. The predicted molar refractivity (Wildman–Crippen MR) is 109 cm³/mol. The largest absolute Gasteiger partial charge is 0.388 e. The Morgan fingerprint density at radius 3 is 2.78 bits per heavy atom. The van der Waals surface area contributed by atoms with Gasteiger partial charge in [0.05, 0.1) is 24.1 Å². The molecule has 2 aromatic rings. The van der Waals surface area contributed by atoms with E-state index in [1.807, 2.05) is 24.3 Å². The topological polar surface area (TPSA) is 32.7 Å². The normalized spacial score (nSPS) is 20.5. The molecule has 2 heterocycles. The standard InChI is InChI=1S/C21H27ClNO2S.Y/c1-2-3-6-21(24)16-7-9-17(10-8-16)23-12-11-19(22)20(23)15-25-14-18-5-4-13-26-18;/h4-5,7-10,19-21,24H,2-3,6,11-12,14-15H2,1H3;/q-1;. The maximum Gasteiger partial charge on any atom is 0.0790 e. The van der Waals surface area contributed by atoms with Gasteiger partial charge in [-0.15, -0.1) is 21.9 Å². The number of rotatable bonds is 9. The van der Waals surface area contributed by atoms with Crippen LogP contribution in [0.2, 0.25) is 0 Å². The van der Waals surface area contributed by atoms with Gasteiger partial charge < -0.3 is 14.7 Å². The van der Waals surface area contributed by atoms with Crippen molar-refractivity contribution >= 4 is 28.6 Å². The predicted octanol–water partition coefficient (Wildman–Crippen LogP) is 5.17. The summed E-state index contributed by atoms with van der Waals surface area (Å²) in [4.78, 5) is 3.52. The summed E-state index contributed by atoms with van der Waals surface area (Å²) in [6.07, 6.45) is 3.56. The van der Waals surface area contributed by atoms with Crippen molar-refractivity contribution < 1.29 is 42.6 Å². The third-order valence-electron chi connectivity index (χ3n) is 4.96. The molecule has 1 aromatic heterocycles. The third kappa shape index (κ3) is 6.52. The van der Waals surface area contributed by atoms with Crippen molar-refractivity contribution in [1.82, 2.24) is 0 Å². The maximum absolute atomic E-state index is 10.3. The molecule has 1 aromatic carbocycles. The van der Waals surface area contributed by atoms with Gasteiger partial charge in [-0.1, -0.05) is 31.9 Å². The number of ether oxygens (including phenoxy) is 1. The van der Waals surface area contributed by atoms with Gasteiger partial charge in [-0.2, -0.15) is 12.1 Å². The Morgan fingerprint density at radius 2 is 2.11 bits per heavy atom. The molecule has 3 unspecified atom stereocenters. The van der Waals surface area contributed by atoms with E-state index >= 15 is 0 Å². The SMILES string of the molecule is CCCCC(O)c1ccc(N2CCC(Cl)C2COCc2cc[c-]s2)cc1.[Y]. The molecule has 1 aliphatic heterocycles. The van der Waals surface area contributed by atoms with Gasteiger partial charge in [-0.25, -0.2) is 0 Å². The number of hydrogen-bond donors (Lipinski definition) is 1. The molecule has 1 N–H and O–H groups in total. The zero-order valence-corrected chi connectivity index (χ0v) is 20.2. The van der Waals surface area contributed by atoms with Gasteiger partial charge in [-0.3, -0.25) is 11.3 Å². The van der Waals surface area contributed by atoms with Crippen LogP contribution in [0.3, 0.4) is 0 Å². The molecule has 0 bridgehead atoms. The summed E-state index contributed by atoms with van der Waals surface area (Å²) >= 11 is 8.15. The first-order valence-corrected chi connectivity index (χ1v) is 10.7. The van der Waals surface area contributed by atoms with Crippen LogP contribution >= 0.6 is 22.9 Å². The van der Waals surface area contributed by atoms with Crippen LogP contribution < -0.4 is 4.90 Å². The van der Waals surface area contributed by atoms with Gasteiger partial charge in [-0.05, 0) is 30.5 Å². The second-order valence-corrected chi connectivity index (χ2v) is 8.37. The van der Waals surface area contributed by atoms with E-state index in [0.717, 1.165) is 43.5 Å². The molecule has 27 heavy (non-hydrogen) atoms. The summed E-state index contributed by atoms with van der Waals surface area (Å²) in [5.41, 5.74) is 2.14. The van der Waals surface area contributed by atoms with Crippen molar-refractivity contribution in [3.8, 4) is 0 Å². The molecule has 3 atom stereocenters. The summed E-state index contributed by atoms with van der Waals surface area (Å²) in [7, 11) is 0. The number of unbranched alkanes of at least 4 members (excludes halogenated alkanes) is 1. The van der Waals surface area contributed by atoms with Gasteiger partial charge in [0.1, 0.15) is 0 Å². The number of aliphatic hydroxyl groups excluding tert-OH is 1. The van der Waals surface area contributed by atoms with Crippen molar-refractivity contribution in [2.24, 2.45) is 0 Å². The number of alkyl halides is 1. The second-order valence-electron chi connectivity index (χ2n) is 6.85. The summed E-state index contributed by atoms with van der Waals surface area (Å²) in [6, 6.07) is 12.4. The third-order valence-corrected chi connectivity index (χ3v) is 6.24. The Kier molecular flexibility index (Phi) is 10.3. The molecule has 1 aliphatic rings. The van der Waals surface area contributed by atoms with Gasteiger partial charge in [0.15, 0.2) is 0 Å². The molecule has 0 spiro atoms. The smallest absolute Gasteiger partial charge is 0.0790 e. The van der Waals surface area contributed by atoms with E-state index in [0.29, 0.717) is 13.2 Å². The molecule has 3 rings (SSSR count). The molecule has 1 fully saturated rings. The molecule has 3 nitrogen and oxygen atoms in total. The van der Waals surface area contributed by atoms with Gasteiger partial charge in [0.25, 0.3) is 0 Å². The number of nitrogens with zero attached hydrogens (tertiary/aromatic N) is 1. The van der Waals surface area contributed by atoms with E-state index in [2.05, 4.69) is 29.3 Å². The first kappa shape index (κ1) is 23.3. The minimum atomic E-state index is -0.370. The fraction of sp³-hybridized carbons (Fsp3) is 0.524.